The number of hydrogen-bond acceptors (Lipinski definition) is 3. The fraction of sp³-hybridized carbons (Fsp3) is 0.500. The maximum Gasteiger partial charge on any atom is 0.228 e. The lowest BCUT2D eigenvalue weighted by Gasteiger charge is -2.31. The van der Waals surface area contributed by atoms with Crippen LogP contribution >= 0.6 is 15.9 Å². The van der Waals surface area contributed by atoms with Gasteiger partial charge in [-0.1, -0.05) is 15.9 Å². The van der Waals surface area contributed by atoms with Gasteiger partial charge in [-0.2, -0.15) is 0 Å². The molecule has 0 saturated carbocycles. The Balaban J connectivity index is 1.93. The number of nitrogens with zero attached hydrogens (tertiary/aromatic N) is 2. The molecule has 1 aliphatic heterocycles. The van der Waals surface area contributed by atoms with Gasteiger partial charge in [-0.15, -0.1) is 0 Å². The molecule has 1 aromatic carbocycles. The molecule has 0 bridgehead atoms. The smallest absolute Gasteiger partial charge is 0.228 e. The molecule has 4 nitrogen and oxygen atoms in total. The number of anilines is 1. The van der Waals surface area contributed by atoms with E-state index in [9.17, 15) is 4.79 Å². The van der Waals surface area contributed by atoms with Crippen LogP contribution in [-0.4, -0.2) is 50.6 Å². The van der Waals surface area contributed by atoms with Gasteiger partial charge in [0.1, 0.15) is 0 Å². The van der Waals surface area contributed by atoms with Gasteiger partial charge in [0.15, 0.2) is 0 Å². The number of carbonyl (C=O) groups excluding carboxylic acids is 1. The second-order valence-corrected chi connectivity index (χ2v) is 5.96. The molecule has 2 rings (SSSR count). The van der Waals surface area contributed by atoms with Crippen molar-refractivity contribution >= 4 is 27.5 Å². The number of rotatable bonds is 3. The molecule has 104 valence electrons. The van der Waals surface area contributed by atoms with Crippen LogP contribution in [0.2, 0.25) is 0 Å². The Kier molecular flexibility index (Phi) is 4.96. The minimum atomic E-state index is 0.148. The van der Waals surface area contributed by atoms with Crippen LogP contribution < -0.4 is 10.2 Å². The van der Waals surface area contributed by atoms with Gasteiger partial charge in [-0.25, -0.2) is 0 Å². The van der Waals surface area contributed by atoms with Gasteiger partial charge in [0.2, 0.25) is 5.91 Å². The number of carbonyl (C=O) groups is 1. The second-order valence-electron chi connectivity index (χ2n) is 5.05. The first-order valence-electron chi connectivity index (χ1n) is 6.50. The molecule has 0 spiro atoms. The molecule has 1 N–H and O–H groups in total. The largest absolute Gasteiger partial charge is 0.315 e. The number of benzene rings is 1. The van der Waals surface area contributed by atoms with Crippen molar-refractivity contribution in [3.05, 3.63) is 28.7 Å². The third-order valence-corrected chi connectivity index (χ3v) is 4.00. The van der Waals surface area contributed by atoms with E-state index >= 15 is 0 Å². The lowest BCUT2D eigenvalue weighted by Crippen LogP contribution is -2.50. The summed E-state index contributed by atoms with van der Waals surface area (Å²) < 4.78 is 1.02. The first-order chi connectivity index (χ1) is 9.06. The molecule has 1 unspecified atom stereocenters. The monoisotopic (exact) mass is 325 g/mol. The number of amides is 1. The first kappa shape index (κ1) is 14.5. The zero-order valence-electron chi connectivity index (χ0n) is 11.4. The number of hydrogen-bond donors (Lipinski definition) is 1. The predicted octanol–water partition coefficient (Wildman–Crippen LogP) is 1.71. The number of piperazine rings is 1. The predicted molar refractivity (Wildman–Crippen MR) is 81.5 cm³/mol. The standard InChI is InChI=1S/C14H20BrN3O/c1-17-8-7-16-12(10-17)9-14(19)18(2)13-5-3-11(15)4-6-13/h3-6,12,16H,7-10H2,1-2H3. The molecular weight excluding hydrogens is 306 g/mol. The lowest BCUT2D eigenvalue weighted by molar-refractivity contribution is -0.119. The van der Waals surface area contributed by atoms with Gasteiger partial charge in [-0.05, 0) is 31.3 Å². The van der Waals surface area contributed by atoms with Crippen LogP contribution in [-0.2, 0) is 4.79 Å². The van der Waals surface area contributed by atoms with Crippen LogP contribution in [0, 0.1) is 0 Å². The van der Waals surface area contributed by atoms with Crippen molar-refractivity contribution in [2.24, 2.45) is 0 Å². The maximum absolute atomic E-state index is 12.3. The van der Waals surface area contributed by atoms with Gasteiger partial charge in [0.25, 0.3) is 0 Å². The third-order valence-electron chi connectivity index (χ3n) is 3.47. The van der Waals surface area contributed by atoms with Crippen molar-refractivity contribution in [1.82, 2.24) is 10.2 Å². The van der Waals surface area contributed by atoms with Crippen LogP contribution in [0.1, 0.15) is 6.42 Å². The fourth-order valence-electron chi connectivity index (χ4n) is 2.28. The molecule has 1 heterocycles. The van der Waals surface area contributed by atoms with Gasteiger partial charge >= 0.3 is 0 Å². The van der Waals surface area contributed by atoms with Gasteiger partial charge in [-0.3, -0.25) is 4.79 Å². The Morgan fingerprint density at radius 2 is 2.16 bits per heavy atom. The van der Waals surface area contributed by atoms with Crippen molar-refractivity contribution in [2.45, 2.75) is 12.5 Å². The minimum Gasteiger partial charge on any atom is -0.315 e. The van der Waals surface area contributed by atoms with E-state index in [0.29, 0.717) is 6.42 Å². The molecule has 19 heavy (non-hydrogen) atoms. The Hall–Kier alpha value is -0.910. The van der Waals surface area contributed by atoms with E-state index in [1.54, 1.807) is 4.90 Å². The molecule has 0 radical (unpaired) electrons. The van der Waals surface area contributed by atoms with Crippen molar-refractivity contribution < 1.29 is 4.79 Å². The molecule has 1 atom stereocenters. The van der Waals surface area contributed by atoms with Crippen molar-refractivity contribution in [2.75, 3.05) is 38.6 Å². The van der Waals surface area contributed by atoms with E-state index in [-0.39, 0.29) is 11.9 Å². The third kappa shape index (κ3) is 4.03. The highest BCUT2D eigenvalue weighted by atomic mass is 79.9. The number of nitrogens with one attached hydrogen (secondary N) is 1. The molecule has 1 saturated heterocycles. The van der Waals surface area contributed by atoms with E-state index in [1.807, 2.05) is 31.3 Å². The Morgan fingerprint density at radius 1 is 1.47 bits per heavy atom. The summed E-state index contributed by atoms with van der Waals surface area (Å²) in [5, 5.41) is 3.40. The SMILES string of the molecule is CN1CCNC(CC(=O)N(C)c2ccc(Br)cc2)C1. The van der Waals surface area contributed by atoms with Crippen molar-refractivity contribution in [3.8, 4) is 0 Å². The highest BCUT2D eigenvalue weighted by Gasteiger charge is 2.21. The molecule has 1 amide bonds. The lowest BCUT2D eigenvalue weighted by atomic mass is 10.1. The van der Waals surface area contributed by atoms with E-state index in [4.69, 9.17) is 0 Å². The maximum atomic E-state index is 12.3. The molecule has 5 heteroatoms. The average molecular weight is 326 g/mol. The zero-order valence-corrected chi connectivity index (χ0v) is 13.0. The van der Waals surface area contributed by atoms with Crippen LogP contribution in [0.15, 0.2) is 28.7 Å². The molecule has 0 aromatic heterocycles. The Labute approximate surface area is 122 Å². The summed E-state index contributed by atoms with van der Waals surface area (Å²) in [5.74, 6) is 0.148. The summed E-state index contributed by atoms with van der Waals surface area (Å²) in [4.78, 5) is 16.2. The molecule has 1 aromatic rings. The Morgan fingerprint density at radius 3 is 2.79 bits per heavy atom. The first-order valence-corrected chi connectivity index (χ1v) is 7.29. The van der Waals surface area contributed by atoms with Gasteiger partial charge in [0, 0.05) is 49.3 Å². The number of likely N-dealkylation sites (N-methyl/N-ethyl adjacent to an activating group) is 1. The highest BCUT2D eigenvalue weighted by molar-refractivity contribution is 9.10. The van der Waals surface area contributed by atoms with Gasteiger partial charge < -0.3 is 15.1 Å². The van der Waals surface area contributed by atoms with Crippen LogP contribution in [0.4, 0.5) is 5.69 Å². The second kappa shape index (κ2) is 6.50. The van der Waals surface area contributed by atoms with E-state index in [0.717, 1.165) is 29.8 Å². The van der Waals surface area contributed by atoms with Crippen molar-refractivity contribution in [3.63, 3.8) is 0 Å². The summed E-state index contributed by atoms with van der Waals surface area (Å²) in [6, 6.07) is 8.05. The van der Waals surface area contributed by atoms with Crippen LogP contribution in [0.3, 0.4) is 0 Å². The average Bonchev–Trinajstić information content (AvgIpc) is 2.39. The molecule has 1 aliphatic rings. The van der Waals surface area contributed by atoms with Crippen LogP contribution in [0.5, 0.6) is 0 Å². The topological polar surface area (TPSA) is 35.6 Å². The van der Waals surface area contributed by atoms with Gasteiger partial charge in [0.05, 0.1) is 0 Å². The Bertz CT molecular complexity index is 435. The van der Waals surface area contributed by atoms with Crippen molar-refractivity contribution in [1.29, 1.82) is 0 Å². The zero-order chi connectivity index (χ0) is 13.8. The van der Waals surface area contributed by atoms with E-state index < -0.39 is 0 Å². The van der Waals surface area contributed by atoms with E-state index in [1.165, 1.54) is 0 Å². The molecule has 1 fully saturated rings. The number of halogens is 1. The summed E-state index contributed by atoms with van der Waals surface area (Å²) in [6.07, 6.45) is 0.539. The molecular formula is C14H20BrN3O. The summed E-state index contributed by atoms with van der Waals surface area (Å²) in [7, 11) is 3.93. The van der Waals surface area contributed by atoms with E-state index in [2.05, 4.69) is 33.2 Å². The highest BCUT2D eigenvalue weighted by Crippen LogP contribution is 2.18. The summed E-state index contributed by atoms with van der Waals surface area (Å²) in [6.45, 7) is 2.93. The summed E-state index contributed by atoms with van der Waals surface area (Å²) >= 11 is 3.40. The quantitative estimate of drug-likeness (QED) is 0.918. The fourth-order valence-corrected chi connectivity index (χ4v) is 2.55. The van der Waals surface area contributed by atoms with Crippen LogP contribution in [0.25, 0.3) is 0 Å². The molecule has 0 aliphatic carbocycles. The normalized spacial score (nSPS) is 20.3. The summed E-state index contributed by atoms with van der Waals surface area (Å²) in [5.41, 5.74) is 0.928. The minimum absolute atomic E-state index is 0.148.